The van der Waals surface area contributed by atoms with Crippen LogP contribution in [0.5, 0.6) is 5.75 Å². The van der Waals surface area contributed by atoms with Gasteiger partial charge < -0.3 is 14.5 Å². The van der Waals surface area contributed by atoms with E-state index in [-0.39, 0.29) is 17.1 Å². The van der Waals surface area contributed by atoms with Gasteiger partial charge in [0.2, 0.25) is 0 Å². The van der Waals surface area contributed by atoms with E-state index in [2.05, 4.69) is 5.32 Å². The molecule has 2 aromatic rings. The van der Waals surface area contributed by atoms with Crippen molar-refractivity contribution in [2.45, 2.75) is 33.1 Å². The fourth-order valence-corrected chi connectivity index (χ4v) is 2.03. The summed E-state index contributed by atoms with van der Waals surface area (Å²) >= 11 is 0. The monoisotopic (exact) mass is 317 g/mol. The molecule has 0 saturated heterocycles. The Kier molecular flexibility index (Phi) is 5.51. The molecule has 2 rings (SSSR count). The SMILES string of the molecule is CCCNC(=O)c1cc2ccc(OC(=O)CCC)cc2oc1=O. The smallest absolute Gasteiger partial charge is 0.349 e. The number of ether oxygens (including phenoxy) is 1. The van der Waals surface area contributed by atoms with Gasteiger partial charge in [-0.1, -0.05) is 13.8 Å². The van der Waals surface area contributed by atoms with E-state index in [0.29, 0.717) is 30.5 Å². The highest BCUT2D eigenvalue weighted by molar-refractivity contribution is 5.96. The topological polar surface area (TPSA) is 85.6 Å². The highest BCUT2D eigenvalue weighted by atomic mass is 16.5. The molecule has 0 spiro atoms. The van der Waals surface area contributed by atoms with Crippen molar-refractivity contribution < 1.29 is 18.7 Å². The van der Waals surface area contributed by atoms with E-state index in [4.69, 9.17) is 9.15 Å². The van der Waals surface area contributed by atoms with Crippen molar-refractivity contribution in [1.82, 2.24) is 5.32 Å². The van der Waals surface area contributed by atoms with E-state index >= 15 is 0 Å². The quantitative estimate of drug-likeness (QED) is 0.503. The van der Waals surface area contributed by atoms with Crippen LogP contribution in [0.4, 0.5) is 0 Å². The van der Waals surface area contributed by atoms with E-state index in [1.54, 1.807) is 12.1 Å². The van der Waals surface area contributed by atoms with Crippen molar-refractivity contribution in [2.75, 3.05) is 6.54 Å². The highest BCUT2D eigenvalue weighted by Crippen LogP contribution is 2.21. The summed E-state index contributed by atoms with van der Waals surface area (Å²) in [5.41, 5.74) is -0.492. The van der Waals surface area contributed by atoms with Crippen LogP contribution in [0.15, 0.2) is 33.5 Å². The fourth-order valence-electron chi connectivity index (χ4n) is 2.03. The maximum Gasteiger partial charge on any atom is 0.349 e. The summed E-state index contributed by atoms with van der Waals surface area (Å²) in [5.74, 6) is -0.493. The third-order valence-corrected chi connectivity index (χ3v) is 3.17. The zero-order valence-electron chi connectivity index (χ0n) is 13.2. The number of benzene rings is 1. The van der Waals surface area contributed by atoms with Crippen molar-refractivity contribution in [3.8, 4) is 5.75 Å². The fraction of sp³-hybridized carbons (Fsp3) is 0.353. The van der Waals surface area contributed by atoms with Gasteiger partial charge in [-0.3, -0.25) is 9.59 Å². The molecule has 0 aliphatic carbocycles. The van der Waals surface area contributed by atoms with Gasteiger partial charge in [0.15, 0.2) is 0 Å². The Morgan fingerprint density at radius 2 is 1.96 bits per heavy atom. The first-order valence-corrected chi connectivity index (χ1v) is 7.62. The zero-order chi connectivity index (χ0) is 16.8. The Bertz CT molecular complexity index is 778. The predicted octanol–water partition coefficient (Wildman–Crippen LogP) is 2.64. The summed E-state index contributed by atoms with van der Waals surface area (Å²) in [6.45, 7) is 4.29. The molecule has 23 heavy (non-hydrogen) atoms. The average Bonchev–Trinajstić information content (AvgIpc) is 2.52. The van der Waals surface area contributed by atoms with Gasteiger partial charge in [-0.05, 0) is 31.0 Å². The van der Waals surface area contributed by atoms with Crippen molar-refractivity contribution in [3.63, 3.8) is 0 Å². The van der Waals surface area contributed by atoms with Crippen molar-refractivity contribution in [1.29, 1.82) is 0 Å². The lowest BCUT2D eigenvalue weighted by molar-refractivity contribution is -0.134. The molecule has 1 amide bonds. The van der Waals surface area contributed by atoms with Gasteiger partial charge in [-0.25, -0.2) is 4.79 Å². The summed E-state index contributed by atoms with van der Waals surface area (Å²) in [4.78, 5) is 35.3. The number of hydrogen-bond donors (Lipinski definition) is 1. The molecule has 1 N–H and O–H groups in total. The Hall–Kier alpha value is -2.63. The molecule has 0 saturated carbocycles. The minimum absolute atomic E-state index is 0.0401. The number of nitrogens with one attached hydrogen (secondary N) is 1. The summed E-state index contributed by atoms with van der Waals surface area (Å²) in [5, 5.41) is 3.22. The van der Waals surface area contributed by atoms with Gasteiger partial charge >= 0.3 is 11.6 Å². The van der Waals surface area contributed by atoms with Crippen LogP contribution in [0.2, 0.25) is 0 Å². The van der Waals surface area contributed by atoms with Crippen LogP contribution in [0.1, 0.15) is 43.5 Å². The van der Waals surface area contributed by atoms with Crippen LogP contribution in [0.25, 0.3) is 11.0 Å². The van der Waals surface area contributed by atoms with Crippen molar-refractivity contribution in [2.24, 2.45) is 0 Å². The van der Waals surface area contributed by atoms with Crippen LogP contribution < -0.4 is 15.7 Å². The standard InChI is InChI=1S/C17H19NO5/c1-3-5-15(19)22-12-7-6-11-9-13(16(20)18-8-4-2)17(21)23-14(11)10-12/h6-7,9-10H,3-5,8H2,1-2H3,(H,18,20). The van der Waals surface area contributed by atoms with Crippen molar-refractivity contribution in [3.05, 3.63) is 40.2 Å². The molecule has 0 fully saturated rings. The minimum atomic E-state index is -0.719. The lowest BCUT2D eigenvalue weighted by Crippen LogP contribution is -2.28. The first-order valence-electron chi connectivity index (χ1n) is 7.62. The first-order chi connectivity index (χ1) is 11.0. The van der Waals surface area contributed by atoms with Gasteiger partial charge in [-0.15, -0.1) is 0 Å². The highest BCUT2D eigenvalue weighted by Gasteiger charge is 2.14. The normalized spacial score (nSPS) is 10.5. The third kappa shape index (κ3) is 4.18. The second-order valence-electron chi connectivity index (χ2n) is 5.13. The number of amides is 1. The molecule has 0 radical (unpaired) electrons. The first kappa shape index (κ1) is 16.7. The Morgan fingerprint density at radius 1 is 1.17 bits per heavy atom. The van der Waals surface area contributed by atoms with Crippen molar-refractivity contribution >= 4 is 22.8 Å². The van der Waals surface area contributed by atoms with Crippen LogP contribution in [-0.2, 0) is 4.79 Å². The number of carbonyl (C=O) groups is 2. The molecule has 1 heterocycles. The minimum Gasteiger partial charge on any atom is -0.426 e. The summed E-state index contributed by atoms with van der Waals surface area (Å²) in [6.07, 6.45) is 1.79. The summed E-state index contributed by atoms with van der Waals surface area (Å²) in [6, 6.07) is 6.19. The van der Waals surface area contributed by atoms with E-state index in [1.807, 2.05) is 13.8 Å². The molecule has 1 aromatic carbocycles. The average molecular weight is 317 g/mol. The number of esters is 1. The Balaban J connectivity index is 2.30. The lowest BCUT2D eigenvalue weighted by atomic mass is 10.1. The van der Waals surface area contributed by atoms with E-state index in [1.165, 1.54) is 12.1 Å². The van der Waals surface area contributed by atoms with Gasteiger partial charge in [0.25, 0.3) is 5.91 Å². The second kappa shape index (κ2) is 7.58. The maximum atomic E-state index is 11.9. The van der Waals surface area contributed by atoms with Crippen LogP contribution in [0, 0.1) is 0 Å². The molecule has 6 heteroatoms. The molecule has 0 aliphatic rings. The molecule has 1 aromatic heterocycles. The van der Waals surface area contributed by atoms with E-state index in [0.717, 1.165) is 6.42 Å². The van der Waals surface area contributed by atoms with Crippen LogP contribution in [0.3, 0.4) is 0 Å². The molecule has 122 valence electrons. The van der Waals surface area contributed by atoms with Gasteiger partial charge in [0.05, 0.1) is 0 Å². The van der Waals surface area contributed by atoms with Gasteiger partial charge in [0.1, 0.15) is 16.9 Å². The largest absolute Gasteiger partial charge is 0.426 e. The van der Waals surface area contributed by atoms with Gasteiger partial charge in [0, 0.05) is 24.4 Å². The Morgan fingerprint density at radius 3 is 2.65 bits per heavy atom. The molecule has 0 bridgehead atoms. The molecule has 0 unspecified atom stereocenters. The molecule has 0 aliphatic heterocycles. The van der Waals surface area contributed by atoms with Gasteiger partial charge in [-0.2, -0.15) is 0 Å². The molecular weight excluding hydrogens is 298 g/mol. The lowest BCUT2D eigenvalue weighted by Gasteiger charge is -2.06. The summed E-state index contributed by atoms with van der Waals surface area (Å²) in [7, 11) is 0. The molecule has 6 nitrogen and oxygen atoms in total. The molecule has 0 atom stereocenters. The maximum absolute atomic E-state index is 11.9. The van der Waals surface area contributed by atoms with E-state index in [9.17, 15) is 14.4 Å². The number of hydrogen-bond acceptors (Lipinski definition) is 5. The second-order valence-corrected chi connectivity index (χ2v) is 5.13. The number of fused-ring (bicyclic) bond motifs is 1. The van der Waals surface area contributed by atoms with E-state index < -0.39 is 11.5 Å². The Labute approximate surface area is 133 Å². The number of rotatable bonds is 6. The predicted molar refractivity (Wildman–Crippen MR) is 85.7 cm³/mol. The summed E-state index contributed by atoms with van der Waals surface area (Å²) < 4.78 is 10.3. The molecular formula is C17H19NO5. The zero-order valence-corrected chi connectivity index (χ0v) is 13.2. The van der Waals surface area contributed by atoms with Crippen LogP contribution in [-0.4, -0.2) is 18.4 Å². The van der Waals surface area contributed by atoms with Crippen LogP contribution >= 0.6 is 0 Å². The third-order valence-electron chi connectivity index (χ3n) is 3.17. The number of carbonyl (C=O) groups excluding carboxylic acids is 2.